The van der Waals surface area contributed by atoms with E-state index in [-0.39, 0.29) is 40.7 Å². The summed E-state index contributed by atoms with van der Waals surface area (Å²) in [5, 5.41) is 3.17. The van der Waals surface area contributed by atoms with Crippen LogP contribution in [-0.2, 0) is 10.0 Å². The quantitative estimate of drug-likeness (QED) is 0.557. The molecule has 0 aliphatic heterocycles. The van der Waals surface area contributed by atoms with Crippen LogP contribution in [0.4, 0.5) is 16.2 Å². The van der Waals surface area contributed by atoms with Gasteiger partial charge >= 0.3 is 0 Å². The van der Waals surface area contributed by atoms with Crippen LogP contribution in [0.1, 0.15) is 41.6 Å². The number of rotatable bonds is 7. The number of sulfonamides is 1. The van der Waals surface area contributed by atoms with E-state index in [1.807, 2.05) is 0 Å². The second-order valence-electron chi connectivity index (χ2n) is 7.25. The molecule has 1 aliphatic carbocycles. The molecule has 1 heterocycles. The van der Waals surface area contributed by atoms with Crippen molar-refractivity contribution in [3.63, 3.8) is 0 Å². The van der Waals surface area contributed by atoms with Gasteiger partial charge in [0.25, 0.3) is 0 Å². The predicted octanol–water partition coefficient (Wildman–Crippen LogP) is 1.71. The molecule has 1 fully saturated rings. The van der Waals surface area contributed by atoms with Gasteiger partial charge in [-0.1, -0.05) is 0 Å². The number of nitrogens with zero attached hydrogens (tertiary/aromatic N) is 2. The molecule has 0 saturated heterocycles. The Hall–Kier alpha value is -2.79. The van der Waals surface area contributed by atoms with Gasteiger partial charge < -0.3 is 15.8 Å². The average Bonchev–Trinajstić information content (AvgIpc) is 2.68. The molecule has 4 N–H and O–H groups in total. The number of anilines is 2. The normalized spacial score (nSPS) is 19.3. The van der Waals surface area contributed by atoms with Gasteiger partial charge in [-0.2, -0.15) is 4.98 Å². The third kappa shape index (κ3) is 5.42. The van der Waals surface area contributed by atoms with Crippen LogP contribution in [0.25, 0.3) is 0 Å². The number of benzene rings is 1. The third-order valence-electron chi connectivity index (χ3n) is 4.91. The lowest BCUT2D eigenvalue weighted by Crippen LogP contribution is -2.39. The molecule has 1 aliphatic rings. The van der Waals surface area contributed by atoms with Gasteiger partial charge in [-0.05, 0) is 43.9 Å². The Labute approximate surface area is 174 Å². The summed E-state index contributed by atoms with van der Waals surface area (Å²) < 4.78 is 44.0. The topological polar surface area (TPSA) is 136 Å². The van der Waals surface area contributed by atoms with Gasteiger partial charge in [-0.3, -0.25) is 4.79 Å². The molecule has 0 bridgehead atoms. The maximum Gasteiger partial charge on any atom is 0.224 e. The van der Waals surface area contributed by atoms with Crippen molar-refractivity contribution >= 4 is 27.6 Å². The highest BCUT2D eigenvalue weighted by atomic mass is 32.2. The van der Waals surface area contributed by atoms with Gasteiger partial charge in [0, 0.05) is 18.3 Å². The lowest BCUT2D eigenvalue weighted by Gasteiger charge is -2.29. The molecule has 11 heteroatoms. The standard InChI is InChI=1S/C19H24FN5O4S/c1-29-16-8-3-11(20)9-14(16)17(26)15-10-22-19(24-18(15)21)23-12-4-6-13(7-5-12)25-30(2,27)28/h3,8-10,12-13,25H,4-7H2,1-2H3,(H3,21,22,23,24). The first kappa shape index (κ1) is 21.9. The molecule has 2 aromatic rings. The van der Waals surface area contributed by atoms with Crippen LogP contribution < -0.4 is 20.5 Å². The van der Waals surface area contributed by atoms with Crippen LogP contribution >= 0.6 is 0 Å². The van der Waals surface area contributed by atoms with Crippen LogP contribution in [-0.4, -0.2) is 49.6 Å². The van der Waals surface area contributed by atoms with Crippen LogP contribution in [0.5, 0.6) is 5.75 Å². The van der Waals surface area contributed by atoms with Crippen molar-refractivity contribution in [1.29, 1.82) is 0 Å². The van der Waals surface area contributed by atoms with Gasteiger partial charge in [0.05, 0.1) is 24.5 Å². The zero-order valence-electron chi connectivity index (χ0n) is 16.7. The summed E-state index contributed by atoms with van der Waals surface area (Å²) in [6, 6.07) is 3.63. The summed E-state index contributed by atoms with van der Waals surface area (Å²) in [4.78, 5) is 21.1. The van der Waals surface area contributed by atoms with E-state index in [0.717, 1.165) is 25.2 Å². The largest absolute Gasteiger partial charge is 0.496 e. The number of carbonyl (C=O) groups excluding carboxylic acids is 1. The van der Waals surface area contributed by atoms with Crippen molar-refractivity contribution in [2.24, 2.45) is 0 Å². The molecular formula is C19H24FN5O4S. The summed E-state index contributed by atoms with van der Waals surface area (Å²) in [6.07, 6.45) is 5.30. The molecule has 0 atom stereocenters. The molecule has 0 amide bonds. The maximum absolute atomic E-state index is 13.6. The number of carbonyl (C=O) groups is 1. The van der Waals surface area contributed by atoms with Crippen molar-refractivity contribution in [3.05, 3.63) is 41.3 Å². The summed E-state index contributed by atoms with van der Waals surface area (Å²) in [5.41, 5.74) is 6.04. The van der Waals surface area contributed by atoms with Crippen LogP contribution in [0, 0.1) is 5.82 Å². The fourth-order valence-electron chi connectivity index (χ4n) is 3.48. The minimum absolute atomic E-state index is 0.0313. The van der Waals surface area contributed by atoms with E-state index in [9.17, 15) is 17.6 Å². The highest BCUT2D eigenvalue weighted by Gasteiger charge is 2.24. The molecule has 0 spiro atoms. The maximum atomic E-state index is 13.6. The van der Waals surface area contributed by atoms with Gasteiger partial charge in [-0.15, -0.1) is 0 Å². The van der Waals surface area contributed by atoms with Gasteiger partial charge in [0.2, 0.25) is 21.8 Å². The molecule has 0 unspecified atom stereocenters. The summed E-state index contributed by atoms with van der Waals surface area (Å²) in [5.74, 6) is -0.644. The van der Waals surface area contributed by atoms with E-state index in [2.05, 4.69) is 20.0 Å². The molecule has 30 heavy (non-hydrogen) atoms. The first-order chi connectivity index (χ1) is 14.2. The number of nitrogen functional groups attached to an aromatic ring is 1. The van der Waals surface area contributed by atoms with E-state index in [1.54, 1.807) is 0 Å². The fourth-order valence-corrected chi connectivity index (χ4v) is 4.32. The van der Waals surface area contributed by atoms with E-state index in [4.69, 9.17) is 10.5 Å². The van der Waals surface area contributed by atoms with E-state index < -0.39 is 21.6 Å². The van der Waals surface area contributed by atoms with Crippen molar-refractivity contribution in [2.45, 2.75) is 37.8 Å². The Morgan fingerprint density at radius 1 is 1.20 bits per heavy atom. The number of ketones is 1. The fraction of sp³-hybridized carbons (Fsp3) is 0.421. The van der Waals surface area contributed by atoms with E-state index >= 15 is 0 Å². The van der Waals surface area contributed by atoms with E-state index in [0.29, 0.717) is 12.8 Å². The summed E-state index contributed by atoms with van der Waals surface area (Å²) >= 11 is 0. The number of hydrogen-bond donors (Lipinski definition) is 3. The Bertz CT molecular complexity index is 1040. The monoisotopic (exact) mass is 437 g/mol. The first-order valence-electron chi connectivity index (χ1n) is 9.41. The minimum atomic E-state index is -3.23. The van der Waals surface area contributed by atoms with Crippen molar-refractivity contribution in [2.75, 3.05) is 24.4 Å². The molecule has 9 nitrogen and oxygen atoms in total. The minimum Gasteiger partial charge on any atom is -0.496 e. The predicted molar refractivity (Wildman–Crippen MR) is 110 cm³/mol. The number of aromatic nitrogens is 2. The van der Waals surface area contributed by atoms with Gasteiger partial charge in [0.15, 0.2) is 0 Å². The second-order valence-corrected chi connectivity index (χ2v) is 9.03. The van der Waals surface area contributed by atoms with Crippen LogP contribution in [0.2, 0.25) is 0 Å². The smallest absolute Gasteiger partial charge is 0.224 e. The molecule has 1 aromatic heterocycles. The lowest BCUT2D eigenvalue weighted by atomic mass is 9.92. The Morgan fingerprint density at radius 2 is 1.87 bits per heavy atom. The molecule has 1 saturated carbocycles. The molecular weight excluding hydrogens is 413 g/mol. The van der Waals surface area contributed by atoms with Crippen LogP contribution in [0.15, 0.2) is 24.4 Å². The third-order valence-corrected chi connectivity index (χ3v) is 5.67. The average molecular weight is 437 g/mol. The number of nitrogens with two attached hydrogens (primary N) is 1. The molecule has 1 aromatic carbocycles. The SMILES string of the molecule is COc1ccc(F)cc1C(=O)c1cnc(NC2CCC(NS(C)(=O)=O)CC2)nc1N. The van der Waals surface area contributed by atoms with Gasteiger partial charge in [0.1, 0.15) is 17.4 Å². The summed E-state index contributed by atoms with van der Waals surface area (Å²) in [6.45, 7) is 0. The summed E-state index contributed by atoms with van der Waals surface area (Å²) in [7, 11) is -1.84. The highest BCUT2D eigenvalue weighted by molar-refractivity contribution is 7.88. The highest BCUT2D eigenvalue weighted by Crippen LogP contribution is 2.26. The second kappa shape index (κ2) is 8.92. The zero-order valence-corrected chi connectivity index (χ0v) is 17.5. The zero-order chi connectivity index (χ0) is 21.9. The van der Waals surface area contributed by atoms with E-state index in [1.165, 1.54) is 25.4 Å². The van der Waals surface area contributed by atoms with Gasteiger partial charge in [-0.25, -0.2) is 22.5 Å². The molecule has 0 radical (unpaired) electrons. The lowest BCUT2D eigenvalue weighted by molar-refractivity contribution is 0.103. The van der Waals surface area contributed by atoms with Crippen molar-refractivity contribution in [1.82, 2.24) is 14.7 Å². The Morgan fingerprint density at radius 3 is 2.47 bits per heavy atom. The molecule has 162 valence electrons. The van der Waals surface area contributed by atoms with Crippen molar-refractivity contribution in [3.8, 4) is 5.75 Å². The number of hydrogen-bond acceptors (Lipinski definition) is 8. The number of ether oxygens (including phenoxy) is 1. The first-order valence-corrected chi connectivity index (χ1v) is 11.3. The Balaban J connectivity index is 1.68. The number of methoxy groups -OCH3 is 1. The number of nitrogens with one attached hydrogen (secondary N) is 2. The Kier molecular flexibility index (Phi) is 6.52. The van der Waals surface area contributed by atoms with Crippen molar-refractivity contribution < 1.29 is 22.3 Å². The number of halogens is 1. The molecule has 3 rings (SSSR count). The van der Waals surface area contributed by atoms with Crippen LogP contribution in [0.3, 0.4) is 0 Å².